The van der Waals surface area contributed by atoms with Gasteiger partial charge in [0.1, 0.15) is 5.75 Å². The van der Waals surface area contributed by atoms with Crippen LogP contribution < -0.4 is 20.9 Å². The zero-order chi connectivity index (χ0) is 21.2. The average Bonchev–Trinajstić information content (AvgIpc) is 2.78. The number of hydrazine groups is 1. The predicted octanol–water partition coefficient (Wildman–Crippen LogP) is 3.00. The summed E-state index contributed by atoms with van der Waals surface area (Å²) in [6.07, 6.45) is 0.193. The largest absolute Gasteiger partial charge is 0.484 e. The van der Waals surface area contributed by atoms with E-state index >= 15 is 0 Å². The highest BCUT2D eigenvalue weighted by Gasteiger charge is 2.08. The number of carbonyl (C=O) groups excluding carboxylic acids is 2. The van der Waals surface area contributed by atoms with E-state index < -0.39 is 5.91 Å². The Bertz CT molecular complexity index is 993. The number of thiocarbonyl (C=S) groups is 1. The van der Waals surface area contributed by atoms with Crippen LogP contribution in [0.1, 0.15) is 5.56 Å². The van der Waals surface area contributed by atoms with Gasteiger partial charge in [0.15, 0.2) is 11.7 Å². The molecule has 0 fully saturated rings. The van der Waals surface area contributed by atoms with E-state index in [0.29, 0.717) is 5.75 Å². The minimum atomic E-state index is -0.429. The first kappa shape index (κ1) is 21.0. The Morgan fingerprint density at radius 1 is 0.733 bits per heavy atom. The van der Waals surface area contributed by atoms with E-state index in [1.807, 2.05) is 72.8 Å². The Labute approximate surface area is 180 Å². The molecule has 0 unspecified atom stereocenters. The summed E-state index contributed by atoms with van der Waals surface area (Å²) in [5, 5.41) is 2.52. The van der Waals surface area contributed by atoms with Gasteiger partial charge in [-0.1, -0.05) is 72.8 Å². The van der Waals surface area contributed by atoms with E-state index in [-0.39, 0.29) is 24.0 Å². The highest BCUT2D eigenvalue weighted by atomic mass is 32.1. The van der Waals surface area contributed by atoms with Crippen LogP contribution >= 0.6 is 12.2 Å². The highest BCUT2D eigenvalue weighted by Crippen LogP contribution is 2.21. The van der Waals surface area contributed by atoms with Crippen molar-refractivity contribution < 1.29 is 14.3 Å². The first-order valence-electron chi connectivity index (χ1n) is 9.31. The zero-order valence-corrected chi connectivity index (χ0v) is 16.9. The van der Waals surface area contributed by atoms with Gasteiger partial charge in [0, 0.05) is 0 Å². The van der Waals surface area contributed by atoms with Gasteiger partial charge < -0.3 is 10.1 Å². The Morgan fingerprint density at radius 2 is 1.33 bits per heavy atom. The molecular weight excluding hydrogens is 398 g/mol. The number of ether oxygens (including phenoxy) is 1. The fraction of sp³-hybridized carbons (Fsp3) is 0.0870. The molecule has 3 aromatic carbocycles. The number of amides is 2. The van der Waals surface area contributed by atoms with E-state index in [2.05, 4.69) is 16.2 Å². The highest BCUT2D eigenvalue weighted by molar-refractivity contribution is 7.80. The molecule has 6 nitrogen and oxygen atoms in total. The van der Waals surface area contributed by atoms with Gasteiger partial charge in [0.2, 0.25) is 5.91 Å². The molecule has 0 spiro atoms. The normalized spacial score (nSPS) is 10.0. The molecule has 30 heavy (non-hydrogen) atoms. The van der Waals surface area contributed by atoms with E-state index in [0.717, 1.165) is 16.7 Å². The molecule has 2 amide bonds. The van der Waals surface area contributed by atoms with Crippen molar-refractivity contribution in [2.75, 3.05) is 6.61 Å². The average molecular weight is 420 g/mol. The second kappa shape index (κ2) is 10.7. The van der Waals surface area contributed by atoms with Crippen molar-refractivity contribution in [2.45, 2.75) is 6.42 Å². The van der Waals surface area contributed by atoms with Crippen molar-refractivity contribution in [3.63, 3.8) is 0 Å². The minimum Gasteiger partial charge on any atom is -0.484 e. The SMILES string of the molecule is O=C(COc1ccc(-c2ccccc2)cc1)NNC(=S)NC(=O)Cc1ccccc1. The summed E-state index contributed by atoms with van der Waals surface area (Å²) in [5.41, 5.74) is 7.91. The maximum atomic E-state index is 11.9. The second-order valence-corrected chi connectivity index (χ2v) is 6.80. The van der Waals surface area contributed by atoms with Crippen LogP contribution in [0.2, 0.25) is 0 Å². The van der Waals surface area contributed by atoms with Crippen LogP contribution in [0.5, 0.6) is 5.75 Å². The summed E-state index contributed by atoms with van der Waals surface area (Å²) in [5.74, 6) is -0.131. The molecule has 0 aromatic heterocycles. The Hall–Kier alpha value is -3.71. The Balaban J connectivity index is 1.37. The summed E-state index contributed by atoms with van der Waals surface area (Å²) in [6.45, 7) is -0.196. The van der Waals surface area contributed by atoms with Crippen LogP contribution in [0.15, 0.2) is 84.9 Å². The van der Waals surface area contributed by atoms with E-state index in [9.17, 15) is 9.59 Å². The third-order valence-electron chi connectivity index (χ3n) is 4.11. The molecule has 0 heterocycles. The first-order chi connectivity index (χ1) is 14.6. The quantitative estimate of drug-likeness (QED) is 0.423. The number of nitrogens with one attached hydrogen (secondary N) is 3. The van der Waals surface area contributed by atoms with Gasteiger partial charge in [-0.15, -0.1) is 0 Å². The minimum absolute atomic E-state index is 0.0106. The first-order valence-corrected chi connectivity index (χ1v) is 9.72. The van der Waals surface area contributed by atoms with Gasteiger partial charge >= 0.3 is 0 Å². The van der Waals surface area contributed by atoms with Crippen LogP contribution in [-0.4, -0.2) is 23.5 Å². The van der Waals surface area contributed by atoms with E-state index in [4.69, 9.17) is 17.0 Å². The summed E-state index contributed by atoms with van der Waals surface area (Å²) in [6, 6.07) is 26.7. The molecule has 0 saturated heterocycles. The lowest BCUT2D eigenvalue weighted by Gasteiger charge is -2.11. The Morgan fingerprint density at radius 3 is 2.00 bits per heavy atom. The van der Waals surface area contributed by atoms with Gasteiger partial charge in [-0.05, 0) is 41.0 Å². The van der Waals surface area contributed by atoms with E-state index in [1.54, 1.807) is 12.1 Å². The number of benzene rings is 3. The third kappa shape index (κ3) is 6.72. The van der Waals surface area contributed by atoms with Crippen LogP contribution in [0, 0.1) is 0 Å². The molecule has 0 atom stereocenters. The summed E-state index contributed by atoms with van der Waals surface area (Å²) in [4.78, 5) is 23.8. The van der Waals surface area contributed by atoms with Crippen LogP contribution in [0.25, 0.3) is 11.1 Å². The number of hydrogen-bond donors (Lipinski definition) is 3. The molecule has 0 radical (unpaired) electrons. The molecule has 0 aliphatic heterocycles. The number of hydrogen-bond acceptors (Lipinski definition) is 4. The molecule has 0 bridgehead atoms. The summed E-state index contributed by atoms with van der Waals surface area (Å²) < 4.78 is 5.47. The molecule has 3 N–H and O–H groups in total. The van der Waals surface area contributed by atoms with Crippen LogP contribution in [0.3, 0.4) is 0 Å². The lowest BCUT2D eigenvalue weighted by molar-refractivity contribution is -0.124. The molecule has 152 valence electrons. The van der Waals surface area contributed by atoms with Crippen LogP contribution in [-0.2, 0) is 16.0 Å². The van der Waals surface area contributed by atoms with Gasteiger partial charge in [-0.3, -0.25) is 20.4 Å². The lowest BCUT2D eigenvalue weighted by atomic mass is 10.1. The second-order valence-electron chi connectivity index (χ2n) is 6.39. The standard InChI is InChI=1S/C23H21N3O3S/c27-21(15-17-7-3-1-4-8-17)24-23(30)26-25-22(28)16-29-20-13-11-19(12-14-20)18-9-5-2-6-10-18/h1-14H,15-16H2,(H,25,28)(H2,24,26,27,30). The number of carbonyl (C=O) groups is 2. The molecule has 0 aliphatic carbocycles. The van der Waals surface area contributed by atoms with Crippen molar-refractivity contribution >= 4 is 29.1 Å². The zero-order valence-electron chi connectivity index (χ0n) is 16.1. The predicted molar refractivity (Wildman–Crippen MR) is 120 cm³/mol. The maximum Gasteiger partial charge on any atom is 0.276 e. The fourth-order valence-electron chi connectivity index (χ4n) is 2.67. The summed E-state index contributed by atoms with van der Waals surface area (Å²) >= 11 is 5.00. The topological polar surface area (TPSA) is 79.5 Å². The van der Waals surface area contributed by atoms with Gasteiger partial charge in [0.25, 0.3) is 5.91 Å². The molecule has 3 rings (SSSR count). The van der Waals surface area contributed by atoms with Crippen molar-refractivity contribution in [3.8, 4) is 16.9 Å². The molecular formula is C23H21N3O3S. The van der Waals surface area contributed by atoms with Crippen molar-refractivity contribution in [1.82, 2.24) is 16.2 Å². The lowest BCUT2D eigenvalue weighted by Crippen LogP contribution is -2.49. The smallest absolute Gasteiger partial charge is 0.276 e. The van der Waals surface area contributed by atoms with E-state index in [1.165, 1.54) is 0 Å². The van der Waals surface area contributed by atoms with Crippen molar-refractivity contribution in [3.05, 3.63) is 90.5 Å². The molecule has 0 aliphatic rings. The maximum absolute atomic E-state index is 11.9. The molecule has 0 saturated carbocycles. The summed E-state index contributed by atoms with van der Waals surface area (Å²) in [7, 11) is 0. The monoisotopic (exact) mass is 419 g/mol. The fourth-order valence-corrected chi connectivity index (χ4v) is 2.83. The van der Waals surface area contributed by atoms with Gasteiger partial charge in [0.05, 0.1) is 6.42 Å². The van der Waals surface area contributed by atoms with Gasteiger partial charge in [-0.2, -0.15) is 0 Å². The Kier molecular flexibility index (Phi) is 7.51. The van der Waals surface area contributed by atoms with Crippen molar-refractivity contribution in [1.29, 1.82) is 0 Å². The molecule has 3 aromatic rings. The number of rotatable bonds is 6. The molecule has 7 heteroatoms. The van der Waals surface area contributed by atoms with Crippen LogP contribution in [0.4, 0.5) is 0 Å². The van der Waals surface area contributed by atoms with Crippen molar-refractivity contribution in [2.24, 2.45) is 0 Å². The third-order valence-corrected chi connectivity index (χ3v) is 4.31. The van der Waals surface area contributed by atoms with Gasteiger partial charge in [-0.25, -0.2) is 0 Å².